The molecule has 1 heteroatoms. The second-order valence-electron chi connectivity index (χ2n) is 3.82. The molecule has 0 heterocycles. The fourth-order valence-corrected chi connectivity index (χ4v) is 2.08. The van der Waals surface area contributed by atoms with Gasteiger partial charge in [0.15, 0.2) is 0 Å². The summed E-state index contributed by atoms with van der Waals surface area (Å²) in [6.07, 6.45) is 0. The van der Waals surface area contributed by atoms with Crippen LogP contribution < -0.4 is 51.4 Å². The molecule has 0 aliphatic rings. The minimum absolute atomic E-state index is 0. The predicted octanol–water partition coefficient (Wildman–Crippen LogP) is 1.02. The molecule has 3 aromatic rings. The quantitative estimate of drug-likeness (QED) is 0.390. The first-order valence-corrected chi connectivity index (χ1v) is 4.89. The van der Waals surface area contributed by atoms with Gasteiger partial charge in [0.1, 0.15) is 0 Å². The Bertz CT molecular complexity index is 605. The summed E-state index contributed by atoms with van der Waals surface area (Å²) in [6, 6.07) is 17.4. The van der Waals surface area contributed by atoms with Crippen molar-refractivity contribution in [2.24, 2.45) is 0 Å². The van der Waals surface area contributed by atoms with Crippen molar-refractivity contribution in [3.05, 3.63) is 54.1 Å². The molecule has 0 atom stereocenters. The van der Waals surface area contributed by atoms with Gasteiger partial charge in [0, 0.05) is 0 Å². The number of rotatable bonds is 0. The fourth-order valence-electron chi connectivity index (χ4n) is 2.08. The van der Waals surface area contributed by atoms with Gasteiger partial charge >= 0.3 is 51.4 Å². The molecule has 0 spiro atoms. The molecule has 0 radical (unpaired) electrons. The summed E-state index contributed by atoms with van der Waals surface area (Å²) in [5, 5.41) is 5.42. The first-order valence-electron chi connectivity index (χ1n) is 4.89. The van der Waals surface area contributed by atoms with Gasteiger partial charge < -0.3 is 0 Å². The summed E-state index contributed by atoms with van der Waals surface area (Å²) in [5.74, 6) is 0. The van der Waals surface area contributed by atoms with Gasteiger partial charge in [-0.2, -0.15) is 0 Å². The average molecular weight is 218 g/mol. The molecule has 0 nitrogen and oxygen atoms in total. The predicted molar refractivity (Wildman–Crippen MR) is 61.8 cm³/mol. The zero-order valence-electron chi connectivity index (χ0n) is 9.12. The molecule has 0 amide bonds. The van der Waals surface area contributed by atoms with Gasteiger partial charge in [-0.3, -0.25) is 0 Å². The van der Waals surface area contributed by atoms with E-state index >= 15 is 0 Å². The Hall–Kier alpha value is -0.0536. The van der Waals surface area contributed by atoms with Gasteiger partial charge in [-0.25, -0.2) is 0 Å². The van der Waals surface area contributed by atoms with Crippen LogP contribution in [-0.2, 0) is 0 Å². The Morgan fingerprint density at radius 1 is 0.867 bits per heavy atom. The van der Waals surface area contributed by atoms with Crippen molar-refractivity contribution in [2.75, 3.05) is 0 Å². The third-order valence-electron chi connectivity index (χ3n) is 2.77. The first-order chi connectivity index (χ1) is 6.84. The molecule has 0 saturated heterocycles. The van der Waals surface area contributed by atoms with Gasteiger partial charge in [-0.15, -0.1) is 39.7 Å². The van der Waals surface area contributed by atoms with Gasteiger partial charge in [-0.1, -0.05) is 35.9 Å². The van der Waals surface area contributed by atoms with Gasteiger partial charge in [-0.05, 0) is 6.92 Å². The fraction of sp³-hybridized carbons (Fsp3) is 0.0714. The van der Waals surface area contributed by atoms with Crippen molar-refractivity contribution in [1.82, 2.24) is 0 Å². The average Bonchev–Trinajstić information content (AvgIpc) is 2.54. The van der Waals surface area contributed by atoms with E-state index in [2.05, 4.69) is 55.5 Å². The van der Waals surface area contributed by atoms with Crippen LogP contribution in [0, 0.1) is 6.92 Å². The van der Waals surface area contributed by atoms with Crippen molar-refractivity contribution < 1.29 is 51.4 Å². The zero-order valence-corrected chi connectivity index (χ0v) is 12.2. The minimum Gasteiger partial charge on any atom is -0.126 e. The summed E-state index contributed by atoms with van der Waals surface area (Å²) in [5.41, 5.74) is 1.33. The van der Waals surface area contributed by atoms with Gasteiger partial charge in [0.05, 0.1) is 0 Å². The van der Waals surface area contributed by atoms with Crippen molar-refractivity contribution in [3.8, 4) is 0 Å². The Balaban J connectivity index is 0.000000853. The van der Waals surface area contributed by atoms with Crippen LogP contribution in [0.15, 0.2) is 48.5 Å². The number of hydrogen-bond donors (Lipinski definition) is 0. The molecule has 0 aromatic heterocycles. The van der Waals surface area contributed by atoms with E-state index in [0.29, 0.717) is 0 Å². The SMILES string of the molecule is Cc1ccc2c(c1)[cH-]c1ccccc12.[K+]. The first kappa shape index (κ1) is 11.4. The number of hydrogen-bond acceptors (Lipinski definition) is 0. The largest absolute Gasteiger partial charge is 1.00 e. The summed E-state index contributed by atoms with van der Waals surface area (Å²) < 4.78 is 0. The van der Waals surface area contributed by atoms with Crippen molar-refractivity contribution in [3.63, 3.8) is 0 Å². The second-order valence-corrected chi connectivity index (χ2v) is 3.82. The third-order valence-corrected chi connectivity index (χ3v) is 2.77. The Labute approximate surface area is 132 Å². The molecule has 3 aromatic carbocycles. The maximum Gasteiger partial charge on any atom is 1.00 e. The van der Waals surface area contributed by atoms with E-state index in [-0.39, 0.29) is 51.4 Å². The molecule has 0 saturated carbocycles. The van der Waals surface area contributed by atoms with E-state index in [4.69, 9.17) is 0 Å². The molecular weight excluding hydrogens is 207 g/mol. The summed E-state index contributed by atoms with van der Waals surface area (Å²) in [6.45, 7) is 2.14. The maximum absolute atomic E-state index is 2.26. The van der Waals surface area contributed by atoms with E-state index in [1.165, 1.54) is 27.1 Å². The van der Waals surface area contributed by atoms with Crippen LogP contribution in [0.1, 0.15) is 5.56 Å². The molecule has 68 valence electrons. The van der Waals surface area contributed by atoms with Crippen LogP contribution in [-0.4, -0.2) is 0 Å². The molecular formula is C14H11K. The van der Waals surface area contributed by atoms with Crippen molar-refractivity contribution in [1.29, 1.82) is 0 Å². The monoisotopic (exact) mass is 218 g/mol. The van der Waals surface area contributed by atoms with Gasteiger partial charge in [0.2, 0.25) is 0 Å². The minimum atomic E-state index is 0. The molecule has 0 fully saturated rings. The van der Waals surface area contributed by atoms with Crippen LogP contribution in [0.3, 0.4) is 0 Å². The van der Waals surface area contributed by atoms with E-state index in [0.717, 1.165) is 0 Å². The Morgan fingerprint density at radius 3 is 2.47 bits per heavy atom. The normalized spacial score (nSPS) is 10.5. The van der Waals surface area contributed by atoms with E-state index in [1.807, 2.05) is 0 Å². The molecule has 15 heavy (non-hydrogen) atoms. The zero-order chi connectivity index (χ0) is 9.54. The Kier molecular flexibility index (Phi) is 3.38. The number of fused-ring (bicyclic) bond motifs is 3. The molecule has 0 unspecified atom stereocenters. The number of aryl methyl sites for hydroxylation is 1. The van der Waals surface area contributed by atoms with Crippen LogP contribution in [0.4, 0.5) is 0 Å². The molecule has 3 rings (SSSR count). The second kappa shape index (κ2) is 4.44. The Morgan fingerprint density at radius 2 is 1.60 bits per heavy atom. The van der Waals surface area contributed by atoms with Crippen LogP contribution >= 0.6 is 0 Å². The maximum atomic E-state index is 2.26. The van der Waals surface area contributed by atoms with E-state index < -0.39 is 0 Å². The summed E-state index contributed by atoms with van der Waals surface area (Å²) in [7, 11) is 0. The van der Waals surface area contributed by atoms with Crippen molar-refractivity contribution >= 4 is 21.5 Å². The molecule has 0 N–H and O–H groups in total. The van der Waals surface area contributed by atoms with E-state index in [9.17, 15) is 0 Å². The van der Waals surface area contributed by atoms with Crippen LogP contribution in [0.2, 0.25) is 0 Å². The van der Waals surface area contributed by atoms with Crippen molar-refractivity contribution in [2.45, 2.75) is 6.92 Å². The topological polar surface area (TPSA) is 0 Å². The smallest absolute Gasteiger partial charge is 0.126 e. The third kappa shape index (κ3) is 1.95. The summed E-state index contributed by atoms with van der Waals surface area (Å²) >= 11 is 0. The summed E-state index contributed by atoms with van der Waals surface area (Å²) in [4.78, 5) is 0. The van der Waals surface area contributed by atoms with Gasteiger partial charge in [0.25, 0.3) is 0 Å². The van der Waals surface area contributed by atoms with Crippen LogP contribution in [0.5, 0.6) is 0 Å². The molecule has 0 aliphatic heterocycles. The molecule has 0 bridgehead atoms. The molecule has 0 aliphatic carbocycles. The van der Waals surface area contributed by atoms with E-state index in [1.54, 1.807) is 0 Å². The standard InChI is InChI=1S/C14H11.K/c1-10-6-7-14-12(8-10)9-11-4-2-3-5-13(11)14;/h2-9H,1H3;/q-1;+1. The van der Waals surface area contributed by atoms with Crippen LogP contribution in [0.25, 0.3) is 21.5 Å². The number of benzene rings is 2.